The Morgan fingerprint density at radius 2 is 2.18 bits per heavy atom. The van der Waals surface area contributed by atoms with Crippen LogP contribution in [-0.4, -0.2) is 66.8 Å². The summed E-state index contributed by atoms with van der Waals surface area (Å²) in [5, 5.41) is 6.26. The minimum Gasteiger partial charge on any atom is -0.444 e. The maximum Gasteiger partial charge on any atom is 0.407 e. The Kier molecular flexibility index (Phi) is 7.85. The first-order valence-electron chi connectivity index (χ1n) is 7.87. The van der Waals surface area contributed by atoms with Gasteiger partial charge in [-0.25, -0.2) is 4.79 Å². The van der Waals surface area contributed by atoms with E-state index >= 15 is 0 Å². The van der Waals surface area contributed by atoms with Crippen LogP contribution in [0.5, 0.6) is 0 Å². The van der Waals surface area contributed by atoms with Gasteiger partial charge in [0.25, 0.3) is 0 Å². The Balaban J connectivity index is 2.48. The topological polar surface area (TPSA) is 66.0 Å². The number of carbonyl (C=O) groups excluding carboxylic acids is 1. The predicted octanol–water partition coefficient (Wildman–Crippen LogP) is 1.91. The molecule has 128 valence electrons. The summed E-state index contributed by atoms with van der Waals surface area (Å²) in [6.07, 6.45) is 2.65. The molecule has 0 bridgehead atoms. The molecule has 1 rings (SSSR count). The van der Waals surface area contributed by atoms with Crippen molar-refractivity contribution in [3.63, 3.8) is 0 Å². The van der Waals surface area contributed by atoms with E-state index in [-0.39, 0.29) is 12.1 Å². The van der Waals surface area contributed by atoms with Crippen molar-refractivity contribution in [2.45, 2.75) is 45.8 Å². The highest BCUT2D eigenvalue weighted by Crippen LogP contribution is 2.12. The van der Waals surface area contributed by atoms with Crippen LogP contribution in [0.3, 0.4) is 0 Å². The lowest BCUT2D eigenvalue weighted by molar-refractivity contribution is 0.0507. The Morgan fingerprint density at radius 3 is 2.77 bits per heavy atom. The molecule has 0 aliphatic carbocycles. The average molecular weight is 330 g/mol. The summed E-state index contributed by atoms with van der Waals surface area (Å²) in [6, 6.07) is 0.110. The number of alkyl carbamates (subject to hydrolysis) is 1. The Bertz CT molecular complexity index is 382. The first-order chi connectivity index (χ1) is 10.4. The van der Waals surface area contributed by atoms with Gasteiger partial charge in [-0.1, -0.05) is 0 Å². The predicted molar refractivity (Wildman–Crippen MR) is 93.7 cm³/mol. The number of ether oxygens (including phenoxy) is 1. The van der Waals surface area contributed by atoms with E-state index in [9.17, 15) is 4.79 Å². The number of rotatable bonds is 5. The van der Waals surface area contributed by atoms with E-state index in [1.165, 1.54) is 0 Å². The van der Waals surface area contributed by atoms with Crippen molar-refractivity contribution in [3.05, 3.63) is 0 Å². The van der Waals surface area contributed by atoms with Gasteiger partial charge < -0.3 is 20.3 Å². The maximum atomic E-state index is 11.8. The van der Waals surface area contributed by atoms with E-state index in [1.807, 2.05) is 20.8 Å². The van der Waals surface area contributed by atoms with Gasteiger partial charge in [0, 0.05) is 25.4 Å². The highest BCUT2D eigenvalue weighted by Gasteiger charge is 2.27. The molecule has 6 nitrogen and oxygen atoms in total. The number of aliphatic imine (C=N–C) groups is 1. The van der Waals surface area contributed by atoms with E-state index in [0.29, 0.717) is 0 Å². The number of nitrogens with one attached hydrogen (secondary N) is 2. The largest absolute Gasteiger partial charge is 0.444 e. The molecule has 0 aromatic carbocycles. The monoisotopic (exact) mass is 330 g/mol. The van der Waals surface area contributed by atoms with Crippen molar-refractivity contribution in [2.24, 2.45) is 4.99 Å². The van der Waals surface area contributed by atoms with Gasteiger partial charge in [0.15, 0.2) is 5.96 Å². The number of hydrogen-bond acceptors (Lipinski definition) is 4. The average Bonchev–Trinajstić information content (AvgIpc) is 2.84. The van der Waals surface area contributed by atoms with Crippen molar-refractivity contribution in [3.8, 4) is 0 Å². The molecule has 1 saturated heterocycles. The van der Waals surface area contributed by atoms with Gasteiger partial charge in [0.1, 0.15) is 5.60 Å². The van der Waals surface area contributed by atoms with Crippen LogP contribution in [-0.2, 0) is 4.74 Å². The highest BCUT2D eigenvalue weighted by atomic mass is 32.2. The van der Waals surface area contributed by atoms with Crippen molar-refractivity contribution in [1.82, 2.24) is 15.5 Å². The van der Waals surface area contributed by atoms with Crippen molar-refractivity contribution in [2.75, 3.05) is 38.2 Å². The summed E-state index contributed by atoms with van der Waals surface area (Å²) in [7, 11) is 0. The van der Waals surface area contributed by atoms with Crippen LogP contribution in [0.2, 0.25) is 0 Å². The lowest BCUT2D eigenvalue weighted by Crippen LogP contribution is -2.44. The van der Waals surface area contributed by atoms with Crippen LogP contribution in [0.25, 0.3) is 0 Å². The zero-order valence-corrected chi connectivity index (χ0v) is 15.3. The third kappa shape index (κ3) is 7.24. The molecule has 0 aromatic rings. The summed E-state index contributed by atoms with van der Waals surface area (Å²) >= 11 is 1.79. The lowest BCUT2D eigenvalue weighted by Gasteiger charge is -2.23. The zero-order chi connectivity index (χ0) is 16.6. The molecule has 1 fully saturated rings. The first kappa shape index (κ1) is 18.9. The Labute approximate surface area is 138 Å². The molecular weight excluding hydrogens is 300 g/mol. The molecule has 1 heterocycles. The molecule has 1 unspecified atom stereocenters. The Hall–Kier alpha value is -1.11. The smallest absolute Gasteiger partial charge is 0.407 e. The number of amides is 1. The van der Waals surface area contributed by atoms with Gasteiger partial charge in [0.2, 0.25) is 0 Å². The normalized spacial score (nSPS) is 19.2. The van der Waals surface area contributed by atoms with Crippen molar-refractivity contribution < 1.29 is 9.53 Å². The van der Waals surface area contributed by atoms with Gasteiger partial charge in [-0.15, -0.1) is 0 Å². The summed E-state index contributed by atoms with van der Waals surface area (Å²) in [5.41, 5.74) is -0.462. The zero-order valence-electron chi connectivity index (χ0n) is 14.4. The van der Waals surface area contributed by atoms with Crippen LogP contribution in [0.15, 0.2) is 4.99 Å². The molecule has 1 atom stereocenters. The molecule has 1 aliphatic rings. The number of thioether (sulfide) groups is 1. The molecule has 0 radical (unpaired) electrons. The summed E-state index contributed by atoms with van der Waals surface area (Å²) in [4.78, 5) is 18.7. The number of carbonyl (C=O) groups is 1. The highest BCUT2D eigenvalue weighted by molar-refractivity contribution is 7.98. The second kappa shape index (κ2) is 9.12. The van der Waals surface area contributed by atoms with Crippen LogP contribution in [0.1, 0.15) is 34.1 Å². The van der Waals surface area contributed by atoms with Crippen molar-refractivity contribution in [1.29, 1.82) is 0 Å². The van der Waals surface area contributed by atoms with E-state index in [0.717, 1.165) is 44.3 Å². The van der Waals surface area contributed by atoms with Crippen LogP contribution >= 0.6 is 11.8 Å². The molecule has 22 heavy (non-hydrogen) atoms. The van der Waals surface area contributed by atoms with Gasteiger partial charge >= 0.3 is 6.09 Å². The van der Waals surface area contributed by atoms with Crippen LogP contribution < -0.4 is 10.6 Å². The molecule has 0 saturated carbocycles. The minimum absolute atomic E-state index is 0.110. The fraction of sp³-hybridized carbons (Fsp3) is 0.867. The number of likely N-dealkylation sites (tertiary alicyclic amines) is 1. The van der Waals surface area contributed by atoms with Gasteiger partial charge in [0.05, 0.1) is 12.6 Å². The fourth-order valence-corrected chi connectivity index (χ4v) is 2.49. The molecule has 7 heteroatoms. The second-order valence-electron chi connectivity index (χ2n) is 6.31. The molecule has 0 spiro atoms. The number of guanidine groups is 1. The van der Waals surface area contributed by atoms with Gasteiger partial charge in [-0.05, 0) is 40.4 Å². The molecule has 1 aliphatic heterocycles. The third-order valence-electron chi connectivity index (χ3n) is 3.10. The molecule has 1 amide bonds. The van der Waals surface area contributed by atoms with Crippen LogP contribution in [0.4, 0.5) is 4.79 Å². The van der Waals surface area contributed by atoms with Crippen LogP contribution in [0, 0.1) is 0 Å². The van der Waals surface area contributed by atoms with E-state index in [1.54, 1.807) is 11.8 Å². The van der Waals surface area contributed by atoms with E-state index in [4.69, 9.17) is 4.74 Å². The number of nitrogens with zero attached hydrogens (tertiary/aromatic N) is 2. The Morgan fingerprint density at radius 1 is 1.45 bits per heavy atom. The van der Waals surface area contributed by atoms with E-state index < -0.39 is 5.60 Å². The third-order valence-corrected chi connectivity index (χ3v) is 3.69. The van der Waals surface area contributed by atoms with Gasteiger partial charge in [-0.3, -0.25) is 4.99 Å². The van der Waals surface area contributed by atoms with Crippen molar-refractivity contribution >= 4 is 23.8 Å². The standard InChI is InChI=1S/C15H30N4O2S/c1-6-16-13(17-8-10-22-5)19-9-7-12(11-19)18-14(20)21-15(2,3)4/h12H,6-11H2,1-5H3,(H,16,17)(H,18,20). The summed E-state index contributed by atoms with van der Waals surface area (Å²) < 4.78 is 5.31. The minimum atomic E-state index is -0.462. The summed E-state index contributed by atoms with van der Waals surface area (Å²) in [6.45, 7) is 11.0. The molecular formula is C15H30N4O2S. The first-order valence-corrected chi connectivity index (χ1v) is 9.26. The van der Waals surface area contributed by atoms with Gasteiger partial charge in [-0.2, -0.15) is 11.8 Å². The molecule has 0 aromatic heterocycles. The quantitative estimate of drug-likeness (QED) is 0.458. The second-order valence-corrected chi connectivity index (χ2v) is 7.29. The maximum absolute atomic E-state index is 11.8. The SMILES string of the molecule is CCNC(=NCCSC)N1CCC(NC(=O)OC(C)(C)C)C1. The number of hydrogen-bond donors (Lipinski definition) is 2. The molecule has 2 N–H and O–H groups in total. The van der Waals surface area contributed by atoms with E-state index in [2.05, 4.69) is 33.7 Å². The summed E-state index contributed by atoms with van der Waals surface area (Å²) in [5.74, 6) is 1.95. The fourth-order valence-electron chi connectivity index (χ4n) is 2.21. The lowest BCUT2D eigenvalue weighted by atomic mass is 10.2.